The Labute approximate surface area is 114 Å². The Kier molecular flexibility index (Phi) is 4.13. The highest BCUT2D eigenvalue weighted by atomic mass is 16.6. The summed E-state index contributed by atoms with van der Waals surface area (Å²) >= 11 is 0. The molecule has 1 amide bonds. The molecule has 0 saturated carbocycles. The van der Waals surface area contributed by atoms with Crippen LogP contribution in [0.1, 0.15) is 40.0 Å². The average Bonchev–Trinajstić information content (AvgIpc) is 2.76. The third-order valence-electron chi connectivity index (χ3n) is 3.60. The monoisotopic (exact) mass is 269 g/mol. The maximum atomic E-state index is 12.2. The normalized spacial score (nSPS) is 28.6. The van der Waals surface area contributed by atoms with E-state index in [0.29, 0.717) is 26.2 Å². The third kappa shape index (κ3) is 3.47. The Hall–Kier alpha value is -1.10. The topological polar surface area (TPSA) is 55.8 Å². The molecule has 0 unspecified atom stereocenters. The largest absolute Gasteiger partial charge is 0.444 e. The minimum absolute atomic E-state index is 0.0531. The van der Waals surface area contributed by atoms with Crippen molar-refractivity contribution in [2.24, 2.45) is 5.92 Å². The first kappa shape index (κ1) is 14.3. The van der Waals surface area contributed by atoms with Crippen molar-refractivity contribution in [1.82, 2.24) is 4.90 Å². The molecule has 2 saturated heterocycles. The van der Waals surface area contributed by atoms with Crippen LogP contribution in [0.25, 0.3) is 0 Å². The second-order valence-electron chi connectivity index (χ2n) is 6.28. The zero-order chi connectivity index (χ0) is 14.0. The second kappa shape index (κ2) is 5.49. The summed E-state index contributed by atoms with van der Waals surface area (Å²) in [6.45, 7) is 7.17. The fraction of sp³-hybridized carbons (Fsp3) is 0.857. The van der Waals surface area contributed by atoms with Crippen LogP contribution in [-0.4, -0.2) is 48.2 Å². The molecule has 2 aliphatic heterocycles. The number of ether oxygens (including phenoxy) is 2. The van der Waals surface area contributed by atoms with Crippen LogP contribution < -0.4 is 0 Å². The average molecular weight is 269 g/mol. The molecule has 5 heteroatoms. The van der Waals surface area contributed by atoms with Gasteiger partial charge in [0.05, 0.1) is 19.1 Å². The highest BCUT2D eigenvalue weighted by molar-refractivity contribution is 5.83. The Balaban J connectivity index is 2.04. The number of hydrogen-bond donors (Lipinski definition) is 0. The van der Waals surface area contributed by atoms with Gasteiger partial charge in [0, 0.05) is 19.0 Å². The SMILES string of the molecule is CC(C)(C)OC(=O)N1CCC[C@H]1[C@@H]1COCCC1=O. The molecule has 0 N–H and O–H groups in total. The first-order valence-corrected chi connectivity index (χ1v) is 6.98. The molecule has 0 aromatic rings. The van der Waals surface area contributed by atoms with Crippen molar-refractivity contribution in [3.63, 3.8) is 0 Å². The number of likely N-dealkylation sites (tertiary alicyclic amines) is 1. The van der Waals surface area contributed by atoms with Gasteiger partial charge in [-0.3, -0.25) is 4.79 Å². The van der Waals surface area contributed by atoms with Gasteiger partial charge in [0.15, 0.2) is 0 Å². The standard InChI is InChI=1S/C14H23NO4/c1-14(2,3)19-13(17)15-7-4-5-11(15)10-9-18-8-6-12(10)16/h10-11H,4-9H2,1-3H3/t10-,11-/m0/s1. The number of hydrogen-bond acceptors (Lipinski definition) is 4. The first-order valence-electron chi connectivity index (χ1n) is 6.98. The zero-order valence-corrected chi connectivity index (χ0v) is 12.0. The Morgan fingerprint density at radius 3 is 2.79 bits per heavy atom. The van der Waals surface area contributed by atoms with Crippen molar-refractivity contribution in [2.45, 2.75) is 51.7 Å². The smallest absolute Gasteiger partial charge is 0.410 e. The minimum atomic E-state index is -0.503. The molecule has 2 rings (SSSR count). The molecule has 0 bridgehead atoms. The molecule has 2 fully saturated rings. The maximum absolute atomic E-state index is 12.2. The number of ketones is 1. The summed E-state index contributed by atoms with van der Waals surface area (Å²) < 4.78 is 10.8. The van der Waals surface area contributed by atoms with Gasteiger partial charge < -0.3 is 14.4 Å². The van der Waals surface area contributed by atoms with E-state index in [1.54, 1.807) is 4.90 Å². The summed E-state index contributed by atoms with van der Waals surface area (Å²) in [6, 6.07) is -0.0531. The lowest BCUT2D eigenvalue weighted by Gasteiger charge is -2.34. The quantitative estimate of drug-likeness (QED) is 0.730. The number of rotatable bonds is 1. The molecule has 108 valence electrons. The van der Waals surface area contributed by atoms with E-state index in [1.807, 2.05) is 20.8 Å². The fourth-order valence-corrected chi connectivity index (χ4v) is 2.75. The van der Waals surface area contributed by atoms with E-state index in [1.165, 1.54) is 0 Å². The summed E-state index contributed by atoms with van der Waals surface area (Å²) in [5.74, 6) is 0.0375. The highest BCUT2D eigenvalue weighted by Crippen LogP contribution is 2.29. The number of Topliss-reactive ketones (excluding diaryl/α,β-unsaturated/α-hetero) is 1. The van der Waals surface area contributed by atoms with Crippen LogP contribution in [-0.2, 0) is 14.3 Å². The lowest BCUT2D eigenvalue weighted by atomic mass is 9.91. The number of amides is 1. The molecule has 0 aromatic heterocycles. The summed E-state index contributed by atoms with van der Waals surface area (Å²) in [7, 11) is 0. The van der Waals surface area contributed by atoms with Gasteiger partial charge in [0.25, 0.3) is 0 Å². The predicted octanol–water partition coefficient (Wildman–Crippen LogP) is 1.99. The van der Waals surface area contributed by atoms with E-state index in [-0.39, 0.29) is 23.8 Å². The highest BCUT2D eigenvalue weighted by Gasteiger charge is 2.40. The van der Waals surface area contributed by atoms with Crippen LogP contribution in [0.2, 0.25) is 0 Å². The van der Waals surface area contributed by atoms with Crippen LogP contribution in [0.5, 0.6) is 0 Å². The zero-order valence-electron chi connectivity index (χ0n) is 12.0. The molecule has 2 atom stereocenters. The Bertz CT molecular complexity index is 361. The van der Waals surface area contributed by atoms with E-state index >= 15 is 0 Å². The van der Waals surface area contributed by atoms with Gasteiger partial charge in [-0.1, -0.05) is 0 Å². The van der Waals surface area contributed by atoms with Crippen LogP contribution in [0.15, 0.2) is 0 Å². The molecule has 0 aromatic carbocycles. The van der Waals surface area contributed by atoms with Crippen molar-refractivity contribution in [3.8, 4) is 0 Å². The number of carbonyl (C=O) groups excluding carboxylic acids is 2. The molecule has 2 aliphatic rings. The van der Waals surface area contributed by atoms with Gasteiger partial charge >= 0.3 is 6.09 Å². The van der Waals surface area contributed by atoms with Crippen LogP contribution in [0.4, 0.5) is 4.79 Å². The molecular formula is C14H23NO4. The van der Waals surface area contributed by atoms with Gasteiger partial charge in [-0.2, -0.15) is 0 Å². The van der Waals surface area contributed by atoms with Crippen molar-refractivity contribution in [3.05, 3.63) is 0 Å². The molecule has 0 aliphatic carbocycles. The van der Waals surface area contributed by atoms with Crippen molar-refractivity contribution in [2.75, 3.05) is 19.8 Å². The van der Waals surface area contributed by atoms with Gasteiger partial charge in [-0.25, -0.2) is 4.79 Å². The third-order valence-corrected chi connectivity index (χ3v) is 3.60. The van der Waals surface area contributed by atoms with Gasteiger partial charge in [0.1, 0.15) is 11.4 Å². The summed E-state index contributed by atoms with van der Waals surface area (Å²) in [5, 5.41) is 0. The lowest BCUT2D eigenvalue weighted by molar-refractivity contribution is -0.133. The predicted molar refractivity (Wildman–Crippen MR) is 69.9 cm³/mol. The van der Waals surface area contributed by atoms with Gasteiger partial charge in [0.2, 0.25) is 0 Å². The van der Waals surface area contributed by atoms with Gasteiger partial charge in [-0.15, -0.1) is 0 Å². The number of carbonyl (C=O) groups is 2. The fourth-order valence-electron chi connectivity index (χ4n) is 2.75. The molecule has 19 heavy (non-hydrogen) atoms. The molecule has 5 nitrogen and oxygen atoms in total. The second-order valence-corrected chi connectivity index (χ2v) is 6.28. The maximum Gasteiger partial charge on any atom is 0.410 e. The molecule has 0 radical (unpaired) electrons. The van der Waals surface area contributed by atoms with Crippen LogP contribution in [0, 0.1) is 5.92 Å². The Morgan fingerprint density at radius 1 is 1.42 bits per heavy atom. The number of nitrogens with zero attached hydrogens (tertiary/aromatic N) is 1. The molecule has 2 heterocycles. The molecular weight excluding hydrogens is 246 g/mol. The summed E-state index contributed by atoms with van der Waals surface area (Å²) in [4.78, 5) is 25.9. The summed E-state index contributed by atoms with van der Waals surface area (Å²) in [6.07, 6.45) is 1.93. The van der Waals surface area contributed by atoms with E-state index in [4.69, 9.17) is 9.47 Å². The first-order chi connectivity index (χ1) is 8.88. The minimum Gasteiger partial charge on any atom is -0.444 e. The van der Waals surface area contributed by atoms with E-state index < -0.39 is 5.60 Å². The Morgan fingerprint density at radius 2 is 2.16 bits per heavy atom. The van der Waals surface area contributed by atoms with Crippen molar-refractivity contribution >= 4 is 11.9 Å². The summed E-state index contributed by atoms with van der Waals surface area (Å²) in [5.41, 5.74) is -0.503. The van der Waals surface area contributed by atoms with Gasteiger partial charge in [-0.05, 0) is 33.6 Å². The van der Waals surface area contributed by atoms with E-state index in [2.05, 4.69) is 0 Å². The van der Waals surface area contributed by atoms with Crippen molar-refractivity contribution < 1.29 is 19.1 Å². The van der Waals surface area contributed by atoms with E-state index in [0.717, 1.165) is 12.8 Å². The van der Waals surface area contributed by atoms with Crippen molar-refractivity contribution in [1.29, 1.82) is 0 Å². The lowest BCUT2D eigenvalue weighted by Crippen LogP contribution is -2.47. The van der Waals surface area contributed by atoms with Crippen LogP contribution in [0.3, 0.4) is 0 Å². The van der Waals surface area contributed by atoms with Crippen LogP contribution >= 0.6 is 0 Å². The van der Waals surface area contributed by atoms with E-state index in [9.17, 15) is 9.59 Å². The molecule has 0 spiro atoms.